The molecule has 0 radical (unpaired) electrons. The highest BCUT2D eigenvalue weighted by atomic mass is 16.8. The zero-order valence-electron chi connectivity index (χ0n) is 25.1. The Morgan fingerprint density at radius 2 is 1.19 bits per heavy atom. The van der Waals surface area contributed by atoms with Crippen LogP contribution < -0.4 is 16.4 Å². The van der Waals surface area contributed by atoms with Gasteiger partial charge >= 0.3 is 12.2 Å². The average Bonchev–Trinajstić information content (AvgIpc) is 3.25. The Morgan fingerprint density at radius 3 is 1.52 bits per heavy atom. The summed E-state index contributed by atoms with van der Waals surface area (Å²) in [5.74, 6) is 0. The number of aliphatic hydroxyl groups is 2. The number of aliphatic hydroxyl groups excluding tert-OH is 2. The van der Waals surface area contributed by atoms with Gasteiger partial charge in [0.05, 0.1) is 12.2 Å². The molecule has 1 saturated heterocycles. The zero-order valence-corrected chi connectivity index (χ0v) is 25.1. The highest BCUT2D eigenvalue weighted by Crippen LogP contribution is 2.13. The van der Waals surface area contributed by atoms with Gasteiger partial charge in [0.1, 0.15) is 18.3 Å². The number of amides is 1. The fourth-order valence-corrected chi connectivity index (χ4v) is 2.83. The molecule has 4 rings (SSSR count). The maximum Gasteiger partial charge on any atom is 0.509 e. The number of carbonyl (C=O) groups is 2. The summed E-state index contributed by atoms with van der Waals surface area (Å²) in [6.07, 6.45) is -2.80. The molecule has 0 spiro atoms. The van der Waals surface area contributed by atoms with Crippen LogP contribution in [0.3, 0.4) is 0 Å². The molecule has 0 bridgehead atoms. The molecule has 0 aromatic heterocycles. The van der Waals surface area contributed by atoms with Crippen LogP contribution in [0, 0.1) is 0 Å². The van der Waals surface area contributed by atoms with Crippen molar-refractivity contribution in [1.82, 2.24) is 0 Å². The molecule has 1 aliphatic rings. The molecule has 3 aromatic carbocycles. The standard InChI is InChI=1S/C11H15NO3.C10H15NO.C6H7N.C5H8O3/c1-8(13)9(2)15-11(14)12-10-6-4-3-5-7-10;1-8(9(2)12)11-10-6-4-3-5-7-10;7-6-4-2-1-3-5-6;1-3-4(2)8-5(6)7-3/h3-9,13H,1-2H3,(H,12,14);3-9,11-12H,1-2H3;1-5H,7H2;3-4H,1-2H3/t8-,9-;8-,9+;;/m01../s1. The molecule has 2 unspecified atom stereocenters. The van der Waals surface area contributed by atoms with Crippen LogP contribution in [-0.2, 0) is 14.2 Å². The fourth-order valence-electron chi connectivity index (χ4n) is 2.83. The number of carbonyl (C=O) groups excluding carboxylic acids is 2. The number of anilines is 3. The van der Waals surface area contributed by atoms with Crippen LogP contribution in [0.4, 0.5) is 26.7 Å². The van der Waals surface area contributed by atoms with Crippen LogP contribution in [0.5, 0.6) is 0 Å². The van der Waals surface area contributed by atoms with Crippen molar-refractivity contribution in [1.29, 1.82) is 0 Å². The third-order valence-corrected chi connectivity index (χ3v) is 5.91. The molecule has 10 heteroatoms. The van der Waals surface area contributed by atoms with Crippen molar-refractivity contribution < 1.29 is 34.0 Å². The monoisotopic (exact) mass is 583 g/mol. The highest BCUT2D eigenvalue weighted by Gasteiger charge is 2.28. The molecule has 1 aliphatic heterocycles. The molecule has 1 heterocycles. The van der Waals surface area contributed by atoms with Gasteiger partial charge in [-0.05, 0) is 77.9 Å². The SMILES string of the molecule is CC1OC(=O)OC1C.C[C@H](O)[C@@H](C)Nc1ccccc1.C[C@H](O)[C@H](C)OC(=O)Nc1ccccc1.Nc1ccccc1. The van der Waals surface area contributed by atoms with Crippen LogP contribution in [-0.4, -0.2) is 59.0 Å². The number of benzene rings is 3. The van der Waals surface area contributed by atoms with E-state index in [9.17, 15) is 14.7 Å². The van der Waals surface area contributed by atoms with Gasteiger partial charge in [0.2, 0.25) is 0 Å². The number of nitrogens with one attached hydrogen (secondary N) is 2. The van der Waals surface area contributed by atoms with Crippen molar-refractivity contribution >= 4 is 29.3 Å². The van der Waals surface area contributed by atoms with E-state index in [4.69, 9.17) is 15.6 Å². The second-order valence-corrected chi connectivity index (χ2v) is 9.69. The van der Waals surface area contributed by atoms with Gasteiger partial charge in [-0.3, -0.25) is 5.32 Å². The summed E-state index contributed by atoms with van der Waals surface area (Å²) < 4.78 is 14.1. The normalized spacial score (nSPS) is 17.8. The molecule has 10 nitrogen and oxygen atoms in total. The van der Waals surface area contributed by atoms with Gasteiger partial charge in [-0.1, -0.05) is 54.6 Å². The number of nitrogens with two attached hydrogens (primary N) is 1. The Morgan fingerprint density at radius 1 is 0.762 bits per heavy atom. The van der Waals surface area contributed by atoms with Crippen molar-refractivity contribution in [2.24, 2.45) is 0 Å². The van der Waals surface area contributed by atoms with Crippen molar-refractivity contribution in [3.05, 3.63) is 91.0 Å². The first kappa shape index (κ1) is 35.7. The van der Waals surface area contributed by atoms with E-state index in [2.05, 4.69) is 20.1 Å². The van der Waals surface area contributed by atoms with E-state index < -0.39 is 24.5 Å². The van der Waals surface area contributed by atoms with Crippen molar-refractivity contribution in [2.45, 2.75) is 78.1 Å². The predicted octanol–water partition coefficient (Wildman–Crippen LogP) is 6.07. The average molecular weight is 584 g/mol. The Hall–Kier alpha value is -4.28. The van der Waals surface area contributed by atoms with Gasteiger partial charge in [0.15, 0.2) is 0 Å². The second-order valence-electron chi connectivity index (χ2n) is 9.69. The zero-order chi connectivity index (χ0) is 31.5. The fraction of sp³-hybridized carbons (Fsp3) is 0.375. The van der Waals surface area contributed by atoms with Crippen molar-refractivity contribution in [3.8, 4) is 0 Å². The Labute approximate surface area is 248 Å². The van der Waals surface area contributed by atoms with Crippen molar-refractivity contribution in [2.75, 3.05) is 16.4 Å². The van der Waals surface area contributed by atoms with Gasteiger partial charge in [0, 0.05) is 23.1 Å². The molecule has 3 aromatic rings. The highest BCUT2D eigenvalue weighted by molar-refractivity contribution is 5.84. The van der Waals surface area contributed by atoms with Crippen LogP contribution >= 0.6 is 0 Å². The minimum atomic E-state index is -0.675. The predicted molar refractivity (Wildman–Crippen MR) is 166 cm³/mol. The summed E-state index contributed by atoms with van der Waals surface area (Å²) in [4.78, 5) is 21.5. The molecule has 1 fully saturated rings. The lowest BCUT2D eigenvalue weighted by Crippen LogP contribution is -2.28. The Balaban J connectivity index is 0.000000292. The quantitative estimate of drug-likeness (QED) is 0.172. The van der Waals surface area contributed by atoms with Crippen LogP contribution in [0.15, 0.2) is 91.0 Å². The molecule has 0 saturated carbocycles. The van der Waals surface area contributed by atoms with E-state index >= 15 is 0 Å². The first-order valence-electron chi connectivity index (χ1n) is 13.8. The number of rotatable bonds is 6. The third kappa shape index (κ3) is 16.1. The summed E-state index contributed by atoms with van der Waals surface area (Å²) in [6, 6.07) is 28.5. The smallest absolute Gasteiger partial charge is 0.444 e. The lowest BCUT2D eigenvalue weighted by molar-refractivity contribution is 0.0288. The number of hydrogen-bond acceptors (Lipinski definition) is 9. The summed E-state index contributed by atoms with van der Waals surface area (Å²) in [7, 11) is 0. The van der Waals surface area contributed by atoms with Gasteiger partial charge in [0.25, 0.3) is 0 Å². The number of nitrogen functional groups attached to an aromatic ring is 1. The lowest BCUT2D eigenvalue weighted by atomic mass is 10.2. The number of cyclic esters (lactones) is 2. The van der Waals surface area contributed by atoms with E-state index in [1.807, 2.05) is 85.8 Å². The number of ether oxygens (including phenoxy) is 3. The summed E-state index contributed by atoms with van der Waals surface area (Å²) in [6.45, 7) is 10.5. The van der Waals surface area contributed by atoms with E-state index in [0.29, 0.717) is 5.69 Å². The Kier molecular flexibility index (Phi) is 16.8. The molecule has 42 heavy (non-hydrogen) atoms. The number of hydrogen-bond donors (Lipinski definition) is 5. The topological polar surface area (TPSA) is 152 Å². The van der Waals surface area contributed by atoms with E-state index in [1.165, 1.54) is 0 Å². The van der Waals surface area contributed by atoms with E-state index in [1.54, 1.807) is 46.8 Å². The molecular formula is C32H45N3O7. The van der Waals surface area contributed by atoms with E-state index in [0.717, 1.165) is 11.4 Å². The van der Waals surface area contributed by atoms with Crippen molar-refractivity contribution in [3.63, 3.8) is 0 Å². The summed E-state index contributed by atoms with van der Waals surface area (Å²) in [5.41, 5.74) is 7.89. The minimum absolute atomic E-state index is 0.0810. The molecule has 1 amide bonds. The van der Waals surface area contributed by atoms with Crippen LogP contribution in [0.25, 0.3) is 0 Å². The molecular weight excluding hydrogens is 538 g/mol. The molecule has 0 aliphatic carbocycles. The maximum atomic E-state index is 11.3. The van der Waals surface area contributed by atoms with Crippen LogP contribution in [0.1, 0.15) is 41.5 Å². The third-order valence-electron chi connectivity index (χ3n) is 5.91. The second kappa shape index (κ2) is 19.7. The first-order valence-corrected chi connectivity index (χ1v) is 13.8. The molecule has 230 valence electrons. The molecule has 6 atom stereocenters. The Bertz CT molecular complexity index is 1120. The number of para-hydroxylation sites is 3. The van der Waals surface area contributed by atoms with Gasteiger partial charge < -0.3 is 35.5 Å². The van der Waals surface area contributed by atoms with Gasteiger partial charge in [-0.15, -0.1) is 0 Å². The lowest BCUT2D eigenvalue weighted by Gasteiger charge is -2.17. The largest absolute Gasteiger partial charge is 0.509 e. The van der Waals surface area contributed by atoms with E-state index in [-0.39, 0.29) is 24.4 Å². The first-order chi connectivity index (χ1) is 19.9. The summed E-state index contributed by atoms with van der Waals surface area (Å²) >= 11 is 0. The maximum absolute atomic E-state index is 11.3. The van der Waals surface area contributed by atoms with Crippen LogP contribution in [0.2, 0.25) is 0 Å². The summed E-state index contributed by atoms with van der Waals surface area (Å²) in [5, 5.41) is 24.1. The van der Waals surface area contributed by atoms with Gasteiger partial charge in [-0.2, -0.15) is 0 Å². The molecule has 6 N–H and O–H groups in total. The van der Waals surface area contributed by atoms with Gasteiger partial charge in [-0.25, -0.2) is 9.59 Å². The minimum Gasteiger partial charge on any atom is -0.444 e.